The van der Waals surface area contributed by atoms with Crippen molar-refractivity contribution in [1.82, 2.24) is 24.6 Å². The molecule has 2 aromatic rings. The first kappa shape index (κ1) is 20.3. The van der Waals surface area contributed by atoms with Crippen LogP contribution in [0.2, 0.25) is 0 Å². The number of amides is 1. The van der Waals surface area contributed by atoms with Gasteiger partial charge >= 0.3 is 0 Å². The third kappa shape index (κ3) is 4.69. The van der Waals surface area contributed by atoms with Crippen molar-refractivity contribution in [3.05, 3.63) is 41.0 Å². The van der Waals surface area contributed by atoms with Gasteiger partial charge in [-0.1, -0.05) is 0 Å². The normalized spacial score (nSPS) is 15.6. The SMILES string of the molecule is Cc1ncc(CO)c(CN2CCCN(C(=O)CCc3ccnn3C)CC2)c1O. The predicted molar refractivity (Wildman–Crippen MR) is 105 cm³/mol. The quantitative estimate of drug-likeness (QED) is 0.768. The van der Waals surface area contributed by atoms with E-state index in [-0.39, 0.29) is 18.3 Å². The van der Waals surface area contributed by atoms with Gasteiger partial charge in [-0.15, -0.1) is 0 Å². The lowest BCUT2D eigenvalue weighted by atomic mass is 10.1. The number of aromatic nitrogens is 3. The Labute approximate surface area is 165 Å². The van der Waals surface area contributed by atoms with Gasteiger partial charge in [0, 0.05) is 75.4 Å². The van der Waals surface area contributed by atoms with Crippen LogP contribution in [0.25, 0.3) is 0 Å². The number of aryl methyl sites for hydroxylation is 3. The predicted octanol–water partition coefficient (Wildman–Crippen LogP) is 0.989. The van der Waals surface area contributed by atoms with E-state index < -0.39 is 0 Å². The summed E-state index contributed by atoms with van der Waals surface area (Å²) in [6.07, 6.45) is 5.44. The van der Waals surface area contributed by atoms with Gasteiger partial charge in [-0.3, -0.25) is 19.4 Å². The summed E-state index contributed by atoms with van der Waals surface area (Å²) < 4.78 is 1.80. The molecule has 0 aromatic carbocycles. The number of aliphatic hydroxyl groups is 1. The minimum atomic E-state index is -0.150. The molecule has 3 heterocycles. The molecule has 2 N–H and O–H groups in total. The van der Waals surface area contributed by atoms with Crippen LogP contribution in [0.15, 0.2) is 18.5 Å². The fourth-order valence-electron chi connectivity index (χ4n) is 3.64. The van der Waals surface area contributed by atoms with Crippen molar-refractivity contribution in [1.29, 1.82) is 0 Å². The first-order chi connectivity index (χ1) is 13.5. The van der Waals surface area contributed by atoms with Gasteiger partial charge in [0.05, 0.1) is 12.3 Å². The number of rotatable bonds is 6. The number of hydrogen-bond donors (Lipinski definition) is 2. The number of hydrogen-bond acceptors (Lipinski definition) is 6. The zero-order valence-electron chi connectivity index (χ0n) is 16.6. The van der Waals surface area contributed by atoms with E-state index in [1.807, 2.05) is 18.0 Å². The Morgan fingerprint density at radius 2 is 2.07 bits per heavy atom. The van der Waals surface area contributed by atoms with Gasteiger partial charge in [0.2, 0.25) is 5.91 Å². The summed E-state index contributed by atoms with van der Waals surface area (Å²) in [6.45, 7) is 5.15. The molecule has 8 nitrogen and oxygen atoms in total. The Morgan fingerprint density at radius 1 is 1.25 bits per heavy atom. The first-order valence-electron chi connectivity index (χ1n) is 9.73. The lowest BCUT2D eigenvalue weighted by molar-refractivity contribution is -0.131. The largest absolute Gasteiger partial charge is 0.506 e. The van der Waals surface area contributed by atoms with E-state index in [4.69, 9.17) is 0 Å². The van der Waals surface area contributed by atoms with Crippen molar-refractivity contribution >= 4 is 5.91 Å². The molecule has 0 radical (unpaired) electrons. The molecule has 0 unspecified atom stereocenters. The van der Waals surface area contributed by atoms with E-state index in [0.29, 0.717) is 37.2 Å². The van der Waals surface area contributed by atoms with Crippen LogP contribution in [-0.4, -0.2) is 66.9 Å². The maximum Gasteiger partial charge on any atom is 0.223 e. The fourth-order valence-corrected chi connectivity index (χ4v) is 3.64. The maximum atomic E-state index is 12.6. The molecule has 0 spiro atoms. The fraction of sp³-hybridized carbons (Fsp3) is 0.550. The topological polar surface area (TPSA) is 94.7 Å². The van der Waals surface area contributed by atoms with E-state index in [1.165, 1.54) is 0 Å². The summed E-state index contributed by atoms with van der Waals surface area (Å²) in [5.41, 5.74) is 3.00. The Kier molecular flexibility index (Phi) is 6.64. The van der Waals surface area contributed by atoms with Crippen LogP contribution in [0.3, 0.4) is 0 Å². The summed E-state index contributed by atoms with van der Waals surface area (Å²) in [6, 6.07) is 1.94. The summed E-state index contributed by atoms with van der Waals surface area (Å²) >= 11 is 0. The highest BCUT2D eigenvalue weighted by Crippen LogP contribution is 2.26. The molecule has 28 heavy (non-hydrogen) atoms. The molecule has 1 fully saturated rings. The summed E-state index contributed by atoms with van der Waals surface area (Å²) in [5, 5.41) is 24.1. The standard InChI is InChI=1S/C20H29N5O3/c1-15-20(28)18(16(14-26)12-21-15)13-24-8-3-9-25(11-10-24)19(27)5-4-17-6-7-22-23(17)2/h6-7,12,26,28H,3-5,8-11,13-14H2,1-2H3. The van der Waals surface area contributed by atoms with Gasteiger partial charge in [0.1, 0.15) is 5.75 Å². The van der Waals surface area contributed by atoms with Crippen LogP contribution in [-0.2, 0) is 31.4 Å². The number of carbonyl (C=O) groups excluding carboxylic acids is 1. The Morgan fingerprint density at radius 3 is 2.79 bits per heavy atom. The van der Waals surface area contributed by atoms with E-state index in [0.717, 1.165) is 37.3 Å². The smallest absolute Gasteiger partial charge is 0.223 e. The Balaban J connectivity index is 1.57. The van der Waals surface area contributed by atoms with Gasteiger partial charge in [-0.25, -0.2) is 0 Å². The third-order valence-electron chi connectivity index (χ3n) is 5.44. The molecule has 0 aliphatic carbocycles. The lowest BCUT2D eigenvalue weighted by Gasteiger charge is -2.23. The molecule has 3 rings (SSSR count). The molecule has 0 bridgehead atoms. The first-order valence-corrected chi connectivity index (χ1v) is 9.73. The number of aliphatic hydroxyl groups excluding tert-OH is 1. The Hall–Kier alpha value is -2.45. The molecule has 8 heteroatoms. The van der Waals surface area contributed by atoms with Gasteiger partial charge in [0.25, 0.3) is 0 Å². The average Bonchev–Trinajstić information content (AvgIpc) is 2.95. The van der Waals surface area contributed by atoms with E-state index in [1.54, 1.807) is 24.0 Å². The van der Waals surface area contributed by atoms with Gasteiger partial charge in [0.15, 0.2) is 0 Å². The van der Waals surface area contributed by atoms with Crippen LogP contribution < -0.4 is 0 Å². The highest BCUT2D eigenvalue weighted by atomic mass is 16.3. The molecule has 2 aromatic heterocycles. The summed E-state index contributed by atoms with van der Waals surface area (Å²) in [4.78, 5) is 20.9. The van der Waals surface area contributed by atoms with Crippen LogP contribution in [0, 0.1) is 6.92 Å². The van der Waals surface area contributed by atoms with Crippen molar-refractivity contribution in [3.8, 4) is 5.75 Å². The van der Waals surface area contributed by atoms with Crippen LogP contribution in [0.4, 0.5) is 0 Å². The van der Waals surface area contributed by atoms with Crippen molar-refractivity contribution in [3.63, 3.8) is 0 Å². The number of aromatic hydroxyl groups is 1. The Bertz CT molecular complexity index is 820. The van der Waals surface area contributed by atoms with Gasteiger partial charge < -0.3 is 15.1 Å². The molecule has 0 atom stereocenters. The molecule has 1 aliphatic heterocycles. The highest BCUT2D eigenvalue weighted by Gasteiger charge is 2.21. The molecule has 1 aliphatic rings. The van der Waals surface area contributed by atoms with Gasteiger partial charge in [-0.2, -0.15) is 5.10 Å². The minimum Gasteiger partial charge on any atom is -0.506 e. The number of pyridine rings is 1. The lowest BCUT2D eigenvalue weighted by Crippen LogP contribution is -2.35. The molecule has 1 amide bonds. The van der Waals surface area contributed by atoms with Crippen LogP contribution in [0.1, 0.15) is 35.4 Å². The average molecular weight is 387 g/mol. The zero-order chi connectivity index (χ0) is 20.1. The van der Waals surface area contributed by atoms with E-state index in [2.05, 4.69) is 15.0 Å². The van der Waals surface area contributed by atoms with Crippen LogP contribution in [0.5, 0.6) is 5.75 Å². The zero-order valence-corrected chi connectivity index (χ0v) is 16.6. The van der Waals surface area contributed by atoms with E-state index in [9.17, 15) is 15.0 Å². The van der Waals surface area contributed by atoms with Crippen molar-refractivity contribution in [2.45, 2.75) is 39.3 Å². The second-order valence-electron chi connectivity index (χ2n) is 7.31. The molecule has 152 valence electrons. The second kappa shape index (κ2) is 9.16. The third-order valence-corrected chi connectivity index (χ3v) is 5.44. The molecular formula is C20H29N5O3. The number of carbonyl (C=O) groups is 1. The summed E-state index contributed by atoms with van der Waals surface area (Å²) in [5.74, 6) is 0.321. The summed E-state index contributed by atoms with van der Waals surface area (Å²) in [7, 11) is 1.89. The van der Waals surface area contributed by atoms with E-state index >= 15 is 0 Å². The van der Waals surface area contributed by atoms with Crippen molar-refractivity contribution in [2.75, 3.05) is 26.2 Å². The van der Waals surface area contributed by atoms with Crippen LogP contribution >= 0.6 is 0 Å². The van der Waals surface area contributed by atoms with Crippen molar-refractivity contribution < 1.29 is 15.0 Å². The molecule has 1 saturated heterocycles. The minimum absolute atomic E-state index is 0.150. The number of nitrogens with zero attached hydrogens (tertiary/aromatic N) is 5. The second-order valence-corrected chi connectivity index (χ2v) is 7.31. The molecule has 0 saturated carbocycles. The molecular weight excluding hydrogens is 358 g/mol. The highest BCUT2D eigenvalue weighted by molar-refractivity contribution is 5.76. The monoisotopic (exact) mass is 387 g/mol. The van der Waals surface area contributed by atoms with Crippen molar-refractivity contribution in [2.24, 2.45) is 7.05 Å². The van der Waals surface area contributed by atoms with Gasteiger partial charge in [-0.05, 0) is 25.8 Å². The maximum absolute atomic E-state index is 12.6.